The monoisotopic (exact) mass is 255 g/mol. The van der Waals surface area contributed by atoms with Gasteiger partial charge in [0.2, 0.25) is 17.8 Å². The molecule has 2 rings (SSSR count). The summed E-state index contributed by atoms with van der Waals surface area (Å²) in [6.45, 7) is 1.93. The van der Waals surface area contributed by atoms with Gasteiger partial charge in [-0.15, -0.1) is 0 Å². The molecule has 0 saturated carbocycles. The Morgan fingerprint density at radius 3 is 2.53 bits per heavy atom. The van der Waals surface area contributed by atoms with Gasteiger partial charge in [0.25, 0.3) is 0 Å². The lowest BCUT2D eigenvalue weighted by Gasteiger charge is -2.27. The van der Waals surface area contributed by atoms with E-state index in [1.165, 1.54) is 0 Å². The smallest absolute Gasteiger partial charge is 0.243 e. The average molecular weight is 255 g/mol. The summed E-state index contributed by atoms with van der Waals surface area (Å²) in [6, 6.07) is 0. The molecule has 0 amide bonds. The SMILES string of the molecule is CN(C)c1nc(NN)nc(N2CCSCC2)n1. The van der Waals surface area contributed by atoms with Crippen LogP contribution < -0.4 is 21.1 Å². The van der Waals surface area contributed by atoms with Crippen LogP contribution in [-0.4, -0.2) is 53.6 Å². The van der Waals surface area contributed by atoms with Crippen LogP contribution >= 0.6 is 11.8 Å². The third-order valence-electron chi connectivity index (χ3n) is 2.43. The van der Waals surface area contributed by atoms with Crippen LogP contribution in [0.2, 0.25) is 0 Å². The van der Waals surface area contributed by atoms with Crippen molar-refractivity contribution in [3.8, 4) is 0 Å². The molecule has 2 heterocycles. The average Bonchev–Trinajstić information content (AvgIpc) is 2.39. The van der Waals surface area contributed by atoms with Crippen LogP contribution in [0.5, 0.6) is 0 Å². The second-order valence-electron chi connectivity index (χ2n) is 3.90. The zero-order valence-corrected chi connectivity index (χ0v) is 10.9. The predicted molar refractivity (Wildman–Crippen MR) is 71.5 cm³/mol. The number of aromatic nitrogens is 3. The number of rotatable bonds is 3. The van der Waals surface area contributed by atoms with Crippen molar-refractivity contribution in [2.45, 2.75) is 0 Å². The Kier molecular flexibility index (Phi) is 3.85. The zero-order chi connectivity index (χ0) is 12.3. The summed E-state index contributed by atoms with van der Waals surface area (Å²) in [7, 11) is 3.79. The van der Waals surface area contributed by atoms with Gasteiger partial charge >= 0.3 is 0 Å². The predicted octanol–water partition coefficient (Wildman–Crippen LogP) is -0.224. The van der Waals surface area contributed by atoms with E-state index in [9.17, 15) is 0 Å². The van der Waals surface area contributed by atoms with Crippen LogP contribution in [0, 0.1) is 0 Å². The van der Waals surface area contributed by atoms with Crippen molar-refractivity contribution >= 4 is 29.6 Å². The Balaban J connectivity index is 2.28. The summed E-state index contributed by atoms with van der Waals surface area (Å²) in [5.41, 5.74) is 2.48. The van der Waals surface area contributed by atoms with Crippen molar-refractivity contribution in [1.29, 1.82) is 0 Å². The molecule has 1 aromatic rings. The third-order valence-corrected chi connectivity index (χ3v) is 3.38. The van der Waals surface area contributed by atoms with E-state index in [0.717, 1.165) is 24.6 Å². The minimum absolute atomic E-state index is 0.400. The van der Waals surface area contributed by atoms with Crippen molar-refractivity contribution in [3.63, 3.8) is 0 Å². The van der Waals surface area contributed by atoms with Gasteiger partial charge in [0.05, 0.1) is 0 Å². The molecular weight excluding hydrogens is 238 g/mol. The standard InChI is InChI=1S/C9H17N7S/c1-15(2)8-11-7(14-10)12-9(13-8)16-3-5-17-6-4-16/h3-6,10H2,1-2H3,(H,11,12,13,14). The Bertz CT molecular complexity index is 378. The molecule has 1 aromatic heterocycles. The largest absolute Gasteiger partial charge is 0.347 e. The quantitative estimate of drug-likeness (QED) is 0.566. The first-order chi connectivity index (χ1) is 8.20. The number of nitrogens with zero attached hydrogens (tertiary/aromatic N) is 5. The first-order valence-electron chi connectivity index (χ1n) is 5.43. The Morgan fingerprint density at radius 2 is 1.94 bits per heavy atom. The lowest BCUT2D eigenvalue weighted by atomic mass is 10.5. The molecule has 0 bridgehead atoms. The van der Waals surface area contributed by atoms with E-state index in [2.05, 4.69) is 25.3 Å². The minimum atomic E-state index is 0.400. The number of nitrogens with one attached hydrogen (secondary N) is 1. The normalized spacial score (nSPS) is 15.8. The van der Waals surface area contributed by atoms with E-state index in [1.54, 1.807) is 0 Å². The highest BCUT2D eigenvalue weighted by atomic mass is 32.2. The molecule has 3 N–H and O–H groups in total. The molecule has 0 aliphatic carbocycles. The van der Waals surface area contributed by atoms with Gasteiger partial charge < -0.3 is 9.80 Å². The van der Waals surface area contributed by atoms with Crippen molar-refractivity contribution in [1.82, 2.24) is 15.0 Å². The number of nitrogens with two attached hydrogens (primary N) is 1. The highest BCUT2D eigenvalue weighted by Gasteiger charge is 2.16. The van der Waals surface area contributed by atoms with Crippen LogP contribution in [0.1, 0.15) is 0 Å². The molecule has 8 heteroatoms. The number of anilines is 3. The molecule has 1 aliphatic heterocycles. The molecule has 94 valence electrons. The van der Waals surface area contributed by atoms with E-state index in [4.69, 9.17) is 5.84 Å². The number of nitrogen functional groups attached to an aromatic ring is 1. The van der Waals surface area contributed by atoms with E-state index in [-0.39, 0.29) is 0 Å². The molecule has 1 aliphatic rings. The Morgan fingerprint density at radius 1 is 1.24 bits per heavy atom. The highest BCUT2D eigenvalue weighted by molar-refractivity contribution is 7.99. The summed E-state index contributed by atoms with van der Waals surface area (Å²) in [5.74, 6) is 9.29. The molecule has 0 spiro atoms. The van der Waals surface area contributed by atoms with Crippen molar-refractivity contribution < 1.29 is 0 Å². The first kappa shape index (κ1) is 12.2. The van der Waals surface area contributed by atoms with Gasteiger partial charge in [-0.2, -0.15) is 26.7 Å². The molecule has 1 saturated heterocycles. The summed E-state index contributed by atoms with van der Waals surface area (Å²) in [4.78, 5) is 16.9. The molecular formula is C9H17N7S. The molecule has 7 nitrogen and oxygen atoms in total. The van der Waals surface area contributed by atoms with E-state index < -0.39 is 0 Å². The Hall–Kier alpha value is -1.28. The number of hydrazine groups is 1. The van der Waals surface area contributed by atoms with E-state index >= 15 is 0 Å². The third kappa shape index (κ3) is 2.89. The summed E-state index contributed by atoms with van der Waals surface area (Å²) < 4.78 is 0. The highest BCUT2D eigenvalue weighted by Crippen LogP contribution is 2.18. The van der Waals surface area contributed by atoms with Crippen molar-refractivity contribution in [3.05, 3.63) is 0 Å². The van der Waals surface area contributed by atoms with Crippen LogP contribution in [-0.2, 0) is 0 Å². The van der Waals surface area contributed by atoms with Gasteiger partial charge in [-0.25, -0.2) is 5.84 Å². The summed E-state index contributed by atoms with van der Waals surface area (Å²) >= 11 is 1.95. The van der Waals surface area contributed by atoms with Gasteiger partial charge in [-0.1, -0.05) is 0 Å². The fourth-order valence-corrected chi connectivity index (χ4v) is 2.43. The molecule has 1 fully saturated rings. The number of hydrogen-bond acceptors (Lipinski definition) is 8. The first-order valence-corrected chi connectivity index (χ1v) is 6.59. The minimum Gasteiger partial charge on any atom is -0.347 e. The van der Waals surface area contributed by atoms with Crippen LogP contribution in [0.3, 0.4) is 0 Å². The van der Waals surface area contributed by atoms with Crippen molar-refractivity contribution in [2.75, 3.05) is 53.9 Å². The maximum absolute atomic E-state index is 5.37. The van der Waals surface area contributed by atoms with Crippen LogP contribution in [0.25, 0.3) is 0 Å². The van der Waals surface area contributed by atoms with Gasteiger partial charge in [-0.05, 0) is 0 Å². The molecule has 0 radical (unpaired) electrons. The lowest BCUT2D eigenvalue weighted by Crippen LogP contribution is -2.34. The lowest BCUT2D eigenvalue weighted by molar-refractivity contribution is 0.801. The van der Waals surface area contributed by atoms with E-state index in [1.807, 2.05) is 30.8 Å². The number of thioether (sulfide) groups is 1. The van der Waals surface area contributed by atoms with E-state index in [0.29, 0.717) is 17.8 Å². The fraction of sp³-hybridized carbons (Fsp3) is 0.667. The summed E-state index contributed by atoms with van der Waals surface area (Å²) in [5, 5.41) is 0. The van der Waals surface area contributed by atoms with Crippen LogP contribution in [0.4, 0.5) is 17.8 Å². The maximum atomic E-state index is 5.37. The molecule has 0 unspecified atom stereocenters. The molecule has 17 heavy (non-hydrogen) atoms. The summed E-state index contributed by atoms with van der Waals surface area (Å²) in [6.07, 6.45) is 0. The van der Waals surface area contributed by atoms with Crippen molar-refractivity contribution in [2.24, 2.45) is 5.84 Å². The Labute approximate surface area is 105 Å². The second-order valence-corrected chi connectivity index (χ2v) is 5.12. The van der Waals surface area contributed by atoms with Gasteiger partial charge in [0, 0.05) is 38.7 Å². The number of hydrogen-bond donors (Lipinski definition) is 2. The molecule has 0 atom stereocenters. The van der Waals surface area contributed by atoms with Gasteiger partial charge in [-0.3, -0.25) is 5.43 Å². The topological polar surface area (TPSA) is 83.2 Å². The molecule has 0 aromatic carbocycles. The van der Waals surface area contributed by atoms with Gasteiger partial charge in [0.1, 0.15) is 0 Å². The maximum Gasteiger partial charge on any atom is 0.243 e. The van der Waals surface area contributed by atoms with Crippen LogP contribution in [0.15, 0.2) is 0 Å². The second kappa shape index (κ2) is 5.37. The zero-order valence-electron chi connectivity index (χ0n) is 10.1. The fourth-order valence-electron chi connectivity index (χ4n) is 1.52. The van der Waals surface area contributed by atoms with Gasteiger partial charge in [0.15, 0.2) is 0 Å².